The van der Waals surface area contributed by atoms with Crippen LogP contribution in [0.2, 0.25) is 0 Å². The summed E-state index contributed by atoms with van der Waals surface area (Å²) in [6.07, 6.45) is 0.460. The highest BCUT2D eigenvalue weighted by Gasteiger charge is 2.59. The van der Waals surface area contributed by atoms with Crippen LogP contribution in [0.1, 0.15) is 33.6 Å². The Morgan fingerprint density at radius 2 is 1.50 bits per heavy atom. The molecule has 20 heavy (non-hydrogen) atoms. The van der Waals surface area contributed by atoms with E-state index in [1.807, 2.05) is 0 Å². The molecule has 0 radical (unpaired) electrons. The Kier molecular flexibility index (Phi) is 2.09. The van der Waals surface area contributed by atoms with Gasteiger partial charge in [0.25, 0.3) is 11.8 Å². The van der Waals surface area contributed by atoms with Gasteiger partial charge >= 0.3 is 0 Å². The van der Waals surface area contributed by atoms with E-state index in [1.165, 1.54) is 0 Å². The topological polar surface area (TPSA) is 71.5 Å². The largest absolute Gasteiger partial charge is 0.299 e. The Balaban J connectivity index is 1.75. The van der Waals surface area contributed by atoms with Crippen molar-refractivity contribution in [3.05, 3.63) is 35.4 Å². The molecule has 1 aromatic rings. The third-order valence-electron chi connectivity index (χ3n) is 4.44. The number of amides is 2. The first kappa shape index (κ1) is 11.5. The van der Waals surface area contributed by atoms with E-state index in [0.29, 0.717) is 17.5 Å². The first-order chi connectivity index (χ1) is 9.59. The highest BCUT2D eigenvalue weighted by atomic mass is 16.2. The molecule has 2 saturated carbocycles. The standard InChI is InChI=1S/C15H11NO4/c17-11-6-12(18)13(10-5-9(10)11)16-14(19)7-3-1-2-4-8(7)15(16)20/h1-4,9-10,13H,5-6H2/t9-,10+,13+/m1/s1. The van der Waals surface area contributed by atoms with Gasteiger partial charge < -0.3 is 0 Å². The van der Waals surface area contributed by atoms with Crippen LogP contribution in [0, 0.1) is 11.8 Å². The van der Waals surface area contributed by atoms with Gasteiger partial charge in [0.05, 0.1) is 17.5 Å². The normalized spacial score (nSPS) is 31.4. The Labute approximate surface area is 114 Å². The predicted octanol–water partition coefficient (Wildman–Crippen LogP) is 0.829. The Morgan fingerprint density at radius 3 is 2.10 bits per heavy atom. The minimum absolute atomic E-state index is 0.0483. The van der Waals surface area contributed by atoms with E-state index >= 15 is 0 Å². The van der Waals surface area contributed by atoms with Crippen LogP contribution in [0.25, 0.3) is 0 Å². The molecule has 1 aliphatic heterocycles. The van der Waals surface area contributed by atoms with Crippen LogP contribution >= 0.6 is 0 Å². The van der Waals surface area contributed by atoms with E-state index in [9.17, 15) is 19.2 Å². The molecule has 3 atom stereocenters. The third-order valence-corrected chi connectivity index (χ3v) is 4.44. The maximum atomic E-state index is 12.4. The van der Waals surface area contributed by atoms with Crippen molar-refractivity contribution in [1.29, 1.82) is 0 Å². The number of hydrogen-bond donors (Lipinski definition) is 0. The molecule has 2 aliphatic carbocycles. The summed E-state index contributed by atoms with van der Waals surface area (Å²) >= 11 is 0. The molecule has 0 N–H and O–H groups in total. The summed E-state index contributed by atoms with van der Waals surface area (Å²) in [5.74, 6) is -1.48. The van der Waals surface area contributed by atoms with Gasteiger partial charge in [-0.2, -0.15) is 0 Å². The first-order valence-electron chi connectivity index (χ1n) is 6.62. The molecule has 2 fully saturated rings. The van der Waals surface area contributed by atoms with Gasteiger partial charge in [-0.25, -0.2) is 0 Å². The van der Waals surface area contributed by atoms with Crippen molar-refractivity contribution in [2.45, 2.75) is 18.9 Å². The third kappa shape index (κ3) is 1.32. The lowest BCUT2D eigenvalue weighted by Crippen LogP contribution is -2.49. The van der Waals surface area contributed by atoms with E-state index in [2.05, 4.69) is 0 Å². The quantitative estimate of drug-likeness (QED) is 0.559. The maximum Gasteiger partial charge on any atom is 0.262 e. The average Bonchev–Trinajstić information content (AvgIpc) is 3.18. The van der Waals surface area contributed by atoms with Crippen molar-refractivity contribution in [3.63, 3.8) is 0 Å². The molecule has 4 rings (SSSR count). The fourth-order valence-electron chi connectivity index (χ4n) is 3.38. The predicted molar refractivity (Wildman–Crippen MR) is 67.0 cm³/mol. The summed E-state index contributed by atoms with van der Waals surface area (Å²) in [5, 5.41) is 0. The molecule has 1 aromatic carbocycles. The molecule has 5 nitrogen and oxygen atoms in total. The maximum absolute atomic E-state index is 12.4. The van der Waals surface area contributed by atoms with E-state index in [-0.39, 0.29) is 29.8 Å². The van der Waals surface area contributed by atoms with Crippen molar-refractivity contribution in [2.24, 2.45) is 11.8 Å². The van der Waals surface area contributed by atoms with Gasteiger partial charge in [0.2, 0.25) is 0 Å². The van der Waals surface area contributed by atoms with Crippen LogP contribution in [0.5, 0.6) is 0 Å². The fourth-order valence-corrected chi connectivity index (χ4v) is 3.38. The molecule has 0 unspecified atom stereocenters. The van der Waals surface area contributed by atoms with Crippen LogP contribution in [-0.4, -0.2) is 34.3 Å². The van der Waals surface area contributed by atoms with Crippen LogP contribution in [0.15, 0.2) is 24.3 Å². The van der Waals surface area contributed by atoms with Gasteiger partial charge in [0, 0.05) is 5.92 Å². The second-order valence-corrected chi connectivity index (χ2v) is 5.59. The molecular weight excluding hydrogens is 258 g/mol. The summed E-state index contributed by atoms with van der Waals surface area (Å²) in [6, 6.07) is 5.83. The highest BCUT2D eigenvalue weighted by molar-refractivity contribution is 6.24. The SMILES string of the molecule is O=C1CC(=O)[C@@H]2C[C@@H]2[C@@H]1N1C(=O)c2ccccc2C1=O. The second kappa shape index (κ2) is 3.62. The van der Waals surface area contributed by atoms with Gasteiger partial charge in [0.15, 0.2) is 5.78 Å². The van der Waals surface area contributed by atoms with Crippen molar-refractivity contribution >= 4 is 23.4 Å². The Hall–Kier alpha value is -2.30. The molecule has 0 aromatic heterocycles. The number of hydrogen-bond acceptors (Lipinski definition) is 4. The lowest BCUT2D eigenvalue weighted by atomic mass is 9.92. The minimum Gasteiger partial charge on any atom is -0.299 e. The van der Waals surface area contributed by atoms with Gasteiger partial charge in [-0.05, 0) is 24.5 Å². The number of carbonyl (C=O) groups excluding carboxylic acids is 4. The molecule has 2 amide bonds. The zero-order valence-electron chi connectivity index (χ0n) is 10.5. The number of rotatable bonds is 1. The first-order valence-corrected chi connectivity index (χ1v) is 6.62. The molecule has 0 bridgehead atoms. The summed E-state index contributed by atoms with van der Waals surface area (Å²) in [7, 11) is 0. The lowest BCUT2D eigenvalue weighted by molar-refractivity contribution is -0.133. The summed E-state index contributed by atoms with van der Waals surface area (Å²) in [5.41, 5.74) is 0.693. The van der Waals surface area contributed by atoms with Crippen LogP contribution in [0.4, 0.5) is 0 Å². The summed E-state index contributed by atoms with van der Waals surface area (Å²) in [6.45, 7) is 0. The van der Waals surface area contributed by atoms with Crippen molar-refractivity contribution < 1.29 is 19.2 Å². The molecular formula is C15H11NO4. The number of benzene rings is 1. The smallest absolute Gasteiger partial charge is 0.262 e. The van der Waals surface area contributed by atoms with Crippen LogP contribution in [-0.2, 0) is 9.59 Å². The van der Waals surface area contributed by atoms with E-state index in [4.69, 9.17) is 0 Å². The molecule has 0 saturated heterocycles. The minimum atomic E-state index is -0.745. The van der Waals surface area contributed by atoms with Crippen LogP contribution in [0.3, 0.4) is 0 Å². The fraction of sp³-hybridized carbons (Fsp3) is 0.333. The molecule has 100 valence electrons. The molecule has 0 spiro atoms. The van der Waals surface area contributed by atoms with Gasteiger partial charge in [-0.15, -0.1) is 0 Å². The van der Waals surface area contributed by atoms with Gasteiger partial charge in [-0.3, -0.25) is 24.1 Å². The average molecular weight is 269 g/mol. The van der Waals surface area contributed by atoms with Crippen molar-refractivity contribution in [3.8, 4) is 0 Å². The van der Waals surface area contributed by atoms with E-state index in [0.717, 1.165) is 4.90 Å². The second-order valence-electron chi connectivity index (χ2n) is 5.59. The van der Waals surface area contributed by atoms with Crippen molar-refractivity contribution in [1.82, 2.24) is 4.90 Å². The lowest BCUT2D eigenvalue weighted by Gasteiger charge is -2.27. The number of nitrogens with zero attached hydrogens (tertiary/aromatic N) is 1. The number of imide groups is 1. The van der Waals surface area contributed by atoms with Crippen LogP contribution < -0.4 is 0 Å². The zero-order chi connectivity index (χ0) is 14.0. The molecule has 1 heterocycles. The van der Waals surface area contributed by atoms with Gasteiger partial charge in [0.1, 0.15) is 11.8 Å². The number of Topliss-reactive ketones (excluding diaryl/α,β-unsaturated/α-hetero) is 2. The summed E-state index contributed by atoms with van der Waals surface area (Å²) in [4.78, 5) is 49.5. The Morgan fingerprint density at radius 1 is 0.900 bits per heavy atom. The van der Waals surface area contributed by atoms with E-state index < -0.39 is 17.9 Å². The number of ketones is 2. The number of carbonyl (C=O) groups is 4. The molecule has 5 heteroatoms. The zero-order valence-corrected chi connectivity index (χ0v) is 10.5. The van der Waals surface area contributed by atoms with Gasteiger partial charge in [-0.1, -0.05) is 12.1 Å². The Bertz CT molecular complexity index is 658. The molecule has 3 aliphatic rings. The highest BCUT2D eigenvalue weighted by Crippen LogP contribution is 2.49. The summed E-state index contributed by atoms with van der Waals surface area (Å²) < 4.78 is 0. The van der Waals surface area contributed by atoms with E-state index in [1.54, 1.807) is 24.3 Å². The van der Waals surface area contributed by atoms with Crippen molar-refractivity contribution in [2.75, 3.05) is 0 Å². The number of fused-ring (bicyclic) bond motifs is 2. The monoisotopic (exact) mass is 269 g/mol.